The molecule has 3 rings (SSSR count). The zero-order valence-electron chi connectivity index (χ0n) is 14.2. The summed E-state index contributed by atoms with van der Waals surface area (Å²) in [5.74, 6) is -0.282. The maximum absolute atomic E-state index is 13.4. The number of nitrogens with two attached hydrogens (primary N) is 1. The minimum atomic E-state index is -4.58. The lowest BCUT2D eigenvalue weighted by Crippen LogP contribution is -2.43. The molecule has 0 amide bonds. The van der Waals surface area contributed by atoms with Crippen LogP contribution in [0.5, 0.6) is 0 Å². The highest BCUT2D eigenvalue weighted by molar-refractivity contribution is 6.42. The molecule has 0 saturated heterocycles. The number of hydrogen-bond donors (Lipinski definition) is 3. The third kappa shape index (κ3) is 4.94. The van der Waals surface area contributed by atoms with Crippen LogP contribution in [0.3, 0.4) is 0 Å². The van der Waals surface area contributed by atoms with E-state index in [1.165, 1.54) is 6.07 Å². The van der Waals surface area contributed by atoms with E-state index in [4.69, 9.17) is 28.9 Å². The lowest BCUT2D eigenvalue weighted by atomic mass is 9.91. The molecule has 2 aromatic rings. The van der Waals surface area contributed by atoms with Crippen molar-refractivity contribution >= 4 is 40.7 Å². The molecule has 10 heteroatoms. The first-order valence-electron chi connectivity index (χ1n) is 8.42. The molecule has 1 heterocycles. The number of rotatable bonds is 4. The number of halogens is 5. The van der Waals surface area contributed by atoms with Crippen molar-refractivity contribution in [1.82, 2.24) is 9.97 Å². The van der Waals surface area contributed by atoms with Gasteiger partial charge in [0.25, 0.3) is 0 Å². The largest absolute Gasteiger partial charge is 0.421 e. The smallest absolute Gasteiger partial charge is 0.365 e. The summed E-state index contributed by atoms with van der Waals surface area (Å²) in [5, 5.41) is 6.38. The fourth-order valence-electron chi connectivity index (χ4n) is 2.98. The molecule has 1 aromatic heterocycles. The molecule has 1 aromatic carbocycles. The predicted octanol–water partition coefficient (Wildman–Crippen LogP) is 5.23. The van der Waals surface area contributed by atoms with Gasteiger partial charge in [-0.3, -0.25) is 0 Å². The molecule has 1 fully saturated rings. The molecule has 1 aliphatic rings. The van der Waals surface area contributed by atoms with Gasteiger partial charge >= 0.3 is 6.18 Å². The van der Waals surface area contributed by atoms with Crippen LogP contribution in [0.2, 0.25) is 10.0 Å². The Kier molecular flexibility index (Phi) is 5.98. The third-order valence-electron chi connectivity index (χ3n) is 4.41. The van der Waals surface area contributed by atoms with E-state index in [-0.39, 0.29) is 23.8 Å². The number of benzene rings is 1. The van der Waals surface area contributed by atoms with Crippen molar-refractivity contribution in [2.45, 2.75) is 43.9 Å². The molecular weight excluding hydrogens is 402 g/mol. The van der Waals surface area contributed by atoms with Gasteiger partial charge in [-0.1, -0.05) is 36.0 Å². The summed E-state index contributed by atoms with van der Waals surface area (Å²) in [7, 11) is 0. The van der Waals surface area contributed by atoms with E-state index >= 15 is 0 Å². The normalized spacial score (nSPS) is 20.4. The second-order valence-corrected chi connectivity index (χ2v) is 7.22. The second-order valence-electron chi connectivity index (χ2n) is 6.41. The highest BCUT2D eigenvalue weighted by atomic mass is 35.5. The molecule has 0 radical (unpaired) electrons. The Morgan fingerprint density at radius 1 is 1.11 bits per heavy atom. The molecule has 4 N–H and O–H groups in total. The molecule has 0 unspecified atom stereocenters. The number of alkyl halides is 3. The van der Waals surface area contributed by atoms with Crippen LogP contribution in [0.25, 0.3) is 0 Å². The number of hydrogen-bond acceptors (Lipinski definition) is 5. The van der Waals surface area contributed by atoms with Gasteiger partial charge in [0.15, 0.2) is 0 Å². The van der Waals surface area contributed by atoms with Crippen LogP contribution < -0.4 is 16.4 Å². The van der Waals surface area contributed by atoms with Crippen LogP contribution in [0.4, 0.5) is 30.6 Å². The molecule has 0 bridgehead atoms. The van der Waals surface area contributed by atoms with E-state index < -0.39 is 11.7 Å². The SMILES string of the molecule is N[C@@H]1CCCC[C@H]1Nc1nc(Nc2ccc(Cl)c(Cl)c2)ncc1C(F)(F)F. The summed E-state index contributed by atoms with van der Waals surface area (Å²) >= 11 is 11.8. The number of anilines is 3. The third-order valence-corrected chi connectivity index (χ3v) is 5.15. The summed E-state index contributed by atoms with van der Waals surface area (Å²) in [6.07, 6.45) is -0.491. The summed E-state index contributed by atoms with van der Waals surface area (Å²) in [6, 6.07) is 4.24. The highest BCUT2D eigenvalue weighted by Crippen LogP contribution is 2.35. The average molecular weight is 420 g/mol. The van der Waals surface area contributed by atoms with E-state index in [9.17, 15) is 13.2 Å². The summed E-state index contributed by atoms with van der Waals surface area (Å²) in [5.41, 5.74) is 5.62. The van der Waals surface area contributed by atoms with Crippen molar-refractivity contribution < 1.29 is 13.2 Å². The Morgan fingerprint density at radius 3 is 2.52 bits per heavy atom. The van der Waals surface area contributed by atoms with Crippen LogP contribution in [-0.2, 0) is 6.18 Å². The fraction of sp³-hybridized carbons (Fsp3) is 0.412. The minimum absolute atomic E-state index is 0.00766. The van der Waals surface area contributed by atoms with Crippen molar-refractivity contribution in [2.75, 3.05) is 10.6 Å². The van der Waals surface area contributed by atoms with Crippen LogP contribution in [0, 0.1) is 0 Å². The standard InChI is InChI=1S/C17H18Cl2F3N5/c18-11-6-5-9(7-12(11)19)25-16-24-8-10(17(20,21)22)15(27-16)26-14-4-2-1-3-13(14)23/h5-8,13-14H,1-4,23H2,(H2,24,25,26,27)/t13-,14-/m1/s1. The minimum Gasteiger partial charge on any atom is -0.365 e. The highest BCUT2D eigenvalue weighted by Gasteiger charge is 2.36. The molecule has 0 aliphatic heterocycles. The number of aromatic nitrogens is 2. The second kappa shape index (κ2) is 8.08. The van der Waals surface area contributed by atoms with E-state index in [2.05, 4.69) is 20.6 Å². The van der Waals surface area contributed by atoms with Crippen molar-refractivity contribution in [2.24, 2.45) is 5.73 Å². The van der Waals surface area contributed by atoms with Crippen LogP contribution >= 0.6 is 23.2 Å². The quantitative estimate of drug-likeness (QED) is 0.632. The van der Waals surface area contributed by atoms with E-state index in [0.29, 0.717) is 22.2 Å². The van der Waals surface area contributed by atoms with Crippen LogP contribution in [0.15, 0.2) is 24.4 Å². The number of nitrogens with zero attached hydrogens (tertiary/aromatic N) is 2. The molecule has 1 aliphatic carbocycles. The predicted molar refractivity (Wildman–Crippen MR) is 101 cm³/mol. The Balaban J connectivity index is 1.88. The van der Waals surface area contributed by atoms with Gasteiger partial charge in [-0.25, -0.2) is 4.98 Å². The summed E-state index contributed by atoms with van der Waals surface area (Å²) < 4.78 is 40.1. The van der Waals surface area contributed by atoms with Gasteiger partial charge in [0.2, 0.25) is 5.95 Å². The van der Waals surface area contributed by atoms with Crippen molar-refractivity contribution in [3.8, 4) is 0 Å². The van der Waals surface area contributed by atoms with Gasteiger partial charge in [0.05, 0.1) is 10.0 Å². The Morgan fingerprint density at radius 2 is 1.85 bits per heavy atom. The Hall–Kier alpha value is -1.77. The van der Waals surface area contributed by atoms with Gasteiger partial charge in [-0.2, -0.15) is 18.2 Å². The van der Waals surface area contributed by atoms with Crippen LogP contribution in [-0.4, -0.2) is 22.1 Å². The maximum atomic E-state index is 13.4. The van der Waals surface area contributed by atoms with E-state index in [0.717, 1.165) is 25.5 Å². The summed E-state index contributed by atoms with van der Waals surface area (Å²) in [4.78, 5) is 7.81. The van der Waals surface area contributed by atoms with Gasteiger partial charge < -0.3 is 16.4 Å². The molecule has 1 saturated carbocycles. The van der Waals surface area contributed by atoms with E-state index in [1.807, 2.05) is 0 Å². The van der Waals surface area contributed by atoms with Gasteiger partial charge in [0.1, 0.15) is 11.4 Å². The lowest BCUT2D eigenvalue weighted by Gasteiger charge is -2.30. The van der Waals surface area contributed by atoms with E-state index in [1.54, 1.807) is 12.1 Å². The van der Waals surface area contributed by atoms with Gasteiger partial charge in [-0.05, 0) is 31.0 Å². The topological polar surface area (TPSA) is 75.9 Å². The fourth-order valence-corrected chi connectivity index (χ4v) is 3.27. The van der Waals surface area contributed by atoms with Gasteiger partial charge in [0, 0.05) is 24.0 Å². The first-order valence-corrected chi connectivity index (χ1v) is 9.18. The first-order chi connectivity index (χ1) is 12.7. The average Bonchev–Trinajstić information content (AvgIpc) is 2.59. The zero-order chi connectivity index (χ0) is 19.6. The molecular formula is C17H18Cl2F3N5. The zero-order valence-corrected chi connectivity index (χ0v) is 15.7. The maximum Gasteiger partial charge on any atom is 0.421 e. The van der Waals surface area contributed by atoms with Crippen molar-refractivity contribution in [3.63, 3.8) is 0 Å². The molecule has 5 nitrogen and oxygen atoms in total. The summed E-state index contributed by atoms with van der Waals surface area (Å²) in [6.45, 7) is 0. The molecule has 27 heavy (non-hydrogen) atoms. The lowest BCUT2D eigenvalue weighted by molar-refractivity contribution is -0.137. The van der Waals surface area contributed by atoms with Crippen LogP contribution in [0.1, 0.15) is 31.2 Å². The Labute approximate surface area is 164 Å². The molecule has 146 valence electrons. The molecule has 0 spiro atoms. The van der Waals surface area contributed by atoms with Crippen molar-refractivity contribution in [1.29, 1.82) is 0 Å². The Bertz CT molecular complexity index is 816. The van der Waals surface area contributed by atoms with Crippen molar-refractivity contribution in [3.05, 3.63) is 40.0 Å². The first kappa shape index (κ1) is 20.0. The number of nitrogens with one attached hydrogen (secondary N) is 2. The van der Waals surface area contributed by atoms with Gasteiger partial charge in [-0.15, -0.1) is 0 Å². The monoisotopic (exact) mass is 419 g/mol. The molecule has 2 atom stereocenters.